The Morgan fingerprint density at radius 2 is 2.31 bits per heavy atom. The summed E-state index contributed by atoms with van der Waals surface area (Å²) in [5.41, 5.74) is 6.80. The molecule has 0 radical (unpaired) electrons. The minimum atomic E-state index is -0.442. The number of pyridine rings is 1. The van der Waals surface area contributed by atoms with Crippen LogP contribution in [0.1, 0.15) is 31.7 Å². The average Bonchev–Trinajstić information content (AvgIpc) is 2.29. The smallest absolute Gasteiger partial charge is 0.242 e. The molecule has 0 aliphatic carbocycles. The summed E-state index contributed by atoms with van der Waals surface area (Å²) in [4.78, 5) is 15.7. The third-order valence-corrected chi connectivity index (χ3v) is 2.37. The summed E-state index contributed by atoms with van der Waals surface area (Å²) in [7, 11) is 0. The number of aromatic nitrogens is 1. The maximum absolute atomic E-state index is 11.6. The largest absolute Gasteiger partial charge is 0.320 e. The Balaban J connectivity index is 2.47. The van der Waals surface area contributed by atoms with E-state index in [2.05, 4.69) is 17.2 Å². The number of hydrogen-bond acceptors (Lipinski definition) is 3. The van der Waals surface area contributed by atoms with E-state index in [0.717, 1.165) is 18.4 Å². The zero-order chi connectivity index (χ0) is 12.0. The van der Waals surface area contributed by atoms with Gasteiger partial charge in [-0.2, -0.15) is 0 Å². The summed E-state index contributed by atoms with van der Waals surface area (Å²) in [6, 6.07) is 3.24. The van der Waals surface area contributed by atoms with E-state index in [1.54, 1.807) is 12.3 Å². The molecular formula is C12H19N3O. The number of nitrogens with two attached hydrogens (primary N) is 1. The molecule has 0 spiro atoms. The molecule has 0 bridgehead atoms. The minimum absolute atomic E-state index is 0.162. The normalized spacial score (nSPS) is 12.2. The van der Waals surface area contributed by atoms with Gasteiger partial charge in [0.25, 0.3) is 0 Å². The van der Waals surface area contributed by atoms with Gasteiger partial charge in [-0.3, -0.25) is 4.79 Å². The van der Waals surface area contributed by atoms with E-state index in [9.17, 15) is 4.79 Å². The average molecular weight is 221 g/mol. The van der Waals surface area contributed by atoms with Crippen molar-refractivity contribution in [3.05, 3.63) is 23.9 Å². The summed E-state index contributed by atoms with van der Waals surface area (Å²) < 4.78 is 0. The minimum Gasteiger partial charge on any atom is -0.320 e. The number of nitrogens with zero attached hydrogens (tertiary/aromatic N) is 1. The van der Waals surface area contributed by atoms with E-state index in [4.69, 9.17) is 5.73 Å². The summed E-state index contributed by atoms with van der Waals surface area (Å²) in [6.45, 7) is 4.03. The van der Waals surface area contributed by atoms with E-state index in [1.165, 1.54) is 0 Å². The number of amides is 1. The second-order valence-corrected chi connectivity index (χ2v) is 3.96. The molecule has 0 saturated heterocycles. The molecule has 0 unspecified atom stereocenters. The summed E-state index contributed by atoms with van der Waals surface area (Å²) in [6.07, 6.45) is 4.45. The Morgan fingerprint density at radius 3 is 2.88 bits per heavy atom. The van der Waals surface area contributed by atoms with Crippen LogP contribution in [-0.4, -0.2) is 16.9 Å². The lowest BCUT2D eigenvalue weighted by Gasteiger charge is -2.11. The fourth-order valence-corrected chi connectivity index (χ4v) is 1.32. The Labute approximate surface area is 96.3 Å². The maximum atomic E-state index is 11.6. The SMILES string of the molecule is CCCC[C@H](N)C(=O)Nc1ccc(C)cn1. The van der Waals surface area contributed by atoms with Gasteiger partial charge in [-0.25, -0.2) is 4.98 Å². The lowest BCUT2D eigenvalue weighted by molar-refractivity contribution is -0.117. The van der Waals surface area contributed by atoms with Crippen LogP contribution in [-0.2, 0) is 4.79 Å². The first-order chi connectivity index (χ1) is 7.63. The number of rotatable bonds is 5. The molecule has 0 aliphatic rings. The number of unbranched alkanes of at least 4 members (excludes halogenated alkanes) is 1. The number of carbonyl (C=O) groups excluding carboxylic acids is 1. The van der Waals surface area contributed by atoms with E-state index in [0.29, 0.717) is 12.2 Å². The van der Waals surface area contributed by atoms with Gasteiger partial charge in [-0.05, 0) is 25.0 Å². The Kier molecular flexibility index (Phi) is 4.92. The summed E-state index contributed by atoms with van der Waals surface area (Å²) in [5.74, 6) is 0.396. The van der Waals surface area contributed by atoms with E-state index >= 15 is 0 Å². The van der Waals surface area contributed by atoms with Gasteiger partial charge in [0, 0.05) is 6.20 Å². The standard InChI is InChI=1S/C12H19N3O/c1-3-4-5-10(13)12(16)15-11-7-6-9(2)8-14-11/h6-8,10H,3-5,13H2,1-2H3,(H,14,15,16)/t10-/m0/s1. The van der Waals surface area contributed by atoms with Gasteiger partial charge >= 0.3 is 0 Å². The molecule has 3 N–H and O–H groups in total. The van der Waals surface area contributed by atoms with Crippen LogP contribution in [0.5, 0.6) is 0 Å². The van der Waals surface area contributed by atoms with Crippen molar-refractivity contribution in [2.75, 3.05) is 5.32 Å². The van der Waals surface area contributed by atoms with Crippen LogP contribution in [0, 0.1) is 6.92 Å². The highest BCUT2D eigenvalue weighted by molar-refractivity contribution is 5.93. The number of aryl methyl sites for hydroxylation is 1. The highest BCUT2D eigenvalue weighted by Gasteiger charge is 2.12. The molecule has 4 heteroatoms. The molecule has 1 amide bonds. The second kappa shape index (κ2) is 6.23. The molecular weight excluding hydrogens is 202 g/mol. The molecule has 4 nitrogen and oxygen atoms in total. The molecule has 0 aliphatic heterocycles. The van der Waals surface area contributed by atoms with Gasteiger partial charge in [0.15, 0.2) is 0 Å². The molecule has 0 fully saturated rings. The Morgan fingerprint density at radius 1 is 1.56 bits per heavy atom. The first-order valence-corrected chi connectivity index (χ1v) is 5.62. The summed E-state index contributed by atoms with van der Waals surface area (Å²) in [5, 5.41) is 2.70. The fourth-order valence-electron chi connectivity index (χ4n) is 1.32. The van der Waals surface area contributed by atoms with Crippen LogP contribution in [0.4, 0.5) is 5.82 Å². The van der Waals surface area contributed by atoms with Gasteiger partial charge in [0.05, 0.1) is 6.04 Å². The zero-order valence-corrected chi connectivity index (χ0v) is 9.86. The molecule has 1 aromatic rings. The number of anilines is 1. The predicted octanol–water partition coefficient (Wildman–Crippen LogP) is 1.85. The van der Waals surface area contributed by atoms with Crippen LogP contribution in [0.25, 0.3) is 0 Å². The van der Waals surface area contributed by atoms with Crippen molar-refractivity contribution in [3.8, 4) is 0 Å². The van der Waals surface area contributed by atoms with Crippen LogP contribution in [0.2, 0.25) is 0 Å². The number of hydrogen-bond donors (Lipinski definition) is 2. The van der Waals surface area contributed by atoms with Crippen LogP contribution in [0.3, 0.4) is 0 Å². The molecule has 0 aromatic carbocycles. The van der Waals surface area contributed by atoms with Gasteiger partial charge in [0.2, 0.25) is 5.91 Å². The molecule has 0 saturated carbocycles. The third kappa shape index (κ3) is 3.98. The molecule has 88 valence electrons. The quantitative estimate of drug-likeness (QED) is 0.797. The fraction of sp³-hybridized carbons (Fsp3) is 0.500. The maximum Gasteiger partial charge on any atom is 0.242 e. The van der Waals surface area contributed by atoms with Gasteiger partial charge < -0.3 is 11.1 Å². The Bertz CT molecular complexity index is 335. The van der Waals surface area contributed by atoms with E-state index in [-0.39, 0.29) is 5.91 Å². The van der Waals surface area contributed by atoms with Crippen LogP contribution >= 0.6 is 0 Å². The monoisotopic (exact) mass is 221 g/mol. The van der Waals surface area contributed by atoms with Crippen molar-refractivity contribution in [2.45, 2.75) is 39.2 Å². The van der Waals surface area contributed by atoms with Crippen LogP contribution in [0.15, 0.2) is 18.3 Å². The van der Waals surface area contributed by atoms with Crippen molar-refractivity contribution in [3.63, 3.8) is 0 Å². The van der Waals surface area contributed by atoms with Gasteiger partial charge in [-0.1, -0.05) is 25.8 Å². The van der Waals surface area contributed by atoms with E-state index < -0.39 is 6.04 Å². The number of nitrogens with one attached hydrogen (secondary N) is 1. The third-order valence-electron chi connectivity index (χ3n) is 2.37. The van der Waals surface area contributed by atoms with Crippen molar-refractivity contribution in [1.29, 1.82) is 0 Å². The van der Waals surface area contributed by atoms with Crippen molar-refractivity contribution in [1.82, 2.24) is 4.98 Å². The first kappa shape index (κ1) is 12.6. The molecule has 1 rings (SSSR count). The van der Waals surface area contributed by atoms with Crippen molar-refractivity contribution < 1.29 is 4.79 Å². The molecule has 16 heavy (non-hydrogen) atoms. The predicted molar refractivity (Wildman–Crippen MR) is 65.1 cm³/mol. The molecule has 1 heterocycles. The van der Waals surface area contributed by atoms with Crippen molar-refractivity contribution in [2.24, 2.45) is 5.73 Å². The number of carbonyl (C=O) groups is 1. The highest BCUT2D eigenvalue weighted by atomic mass is 16.2. The zero-order valence-electron chi connectivity index (χ0n) is 9.86. The lowest BCUT2D eigenvalue weighted by atomic mass is 10.1. The molecule has 1 aromatic heterocycles. The lowest BCUT2D eigenvalue weighted by Crippen LogP contribution is -2.35. The van der Waals surface area contributed by atoms with E-state index in [1.807, 2.05) is 13.0 Å². The van der Waals surface area contributed by atoms with Crippen LogP contribution < -0.4 is 11.1 Å². The highest BCUT2D eigenvalue weighted by Crippen LogP contribution is 2.05. The van der Waals surface area contributed by atoms with Gasteiger partial charge in [-0.15, -0.1) is 0 Å². The summed E-state index contributed by atoms with van der Waals surface area (Å²) >= 11 is 0. The van der Waals surface area contributed by atoms with Gasteiger partial charge in [0.1, 0.15) is 5.82 Å². The second-order valence-electron chi connectivity index (χ2n) is 3.96. The van der Waals surface area contributed by atoms with Crippen molar-refractivity contribution >= 4 is 11.7 Å². The molecule has 1 atom stereocenters. The first-order valence-electron chi connectivity index (χ1n) is 5.62. The Hall–Kier alpha value is -1.42. The topological polar surface area (TPSA) is 68.0 Å².